The minimum absolute atomic E-state index is 0.123. The van der Waals surface area contributed by atoms with Crippen molar-refractivity contribution < 1.29 is 0 Å². The van der Waals surface area contributed by atoms with Crippen molar-refractivity contribution >= 4 is 0 Å². The van der Waals surface area contributed by atoms with Crippen LogP contribution in [0, 0.1) is 6.92 Å². The average molecular weight is 126 g/mol. The van der Waals surface area contributed by atoms with E-state index in [1.165, 1.54) is 0 Å². The molecule has 1 N–H and O–H groups in total. The normalized spacial score (nSPS) is 12.9. The van der Waals surface area contributed by atoms with Gasteiger partial charge in [-0.25, -0.2) is 0 Å². The van der Waals surface area contributed by atoms with E-state index in [0.29, 0.717) is 0 Å². The molecule has 0 amide bonds. The molecule has 0 saturated heterocycles. The van der Waals surface area contributed by atoms with Crippen LogP contribution in [0.25, 0.3) is 0 Å². The van der Waals surface area contributed by atoms with Crippen molar-refractivity contribution in [2.45, 2.75) is 25.8 Å². The van der Waals surface area contributed by atoms with E-state index in [1.54, 1.807) is 0 Å². The van der Waals surface area contributed by atoms with E-state index in [2.05, 4.69) is 38.2 Å². The zero-order chi connectivity index (χ0) is 7.33. The molecule has 0 spiro atoms. The van der Waals surface area contributed by atoms with Gasteiger partial charge < -0.3 is 5.32 Å². The Hall–Kier alpha value is -0.300. The Balaban J connectivity index is 3.70. The Labute approximate surface area is 58.2 Å². The Morgan fingerprint density at radius 2 is 2.11 bits per heavy atom. The lowest BCUT2D eigenvalue weighted by Crippen LogP contribution is -2.33. The number of allylic oxidation sites excluding steroid dienone is 1. The summed E-state index contributed by atoms with van der Waals surface area (Å²) in [6.07, 6.45) is 5.06. The molecule has 0 aliphatic rings. The van der Waals surface area contributed by atoms with Crippen molar-refractivity contribution in [3.05, 3.63) is 19.1 Å². The van der Waals surface area contributed by atoms with Crippen molar-refractivity contribution in [2.75, 3.05) is 7.05 Å². The van der Waals surface area contributed by atoms with Gasteiger partial charge in [-0.3, -0.25) is 0 Å². The molecule has 0 fully saturated rings. The van der Waals surface area contributed by atoms with E-state index < -0.39 is 0 Å². The summed E-state index contributed by atoms with van der Waals surface area (Å²) >= 11 is 0. The summed E-state index contributed by atoms with van der Waals surface area (Å²) < 4.78 is 0. The molecule has 1 heteroatoms. The highest BCUT2D eigenvalue weighted by Crippen LogP contribution is 2.02. The molecular formula is C8H16N. The summed E-state index contributed by atoms with van der Waals surface area (Å²) in [5, 5.41) is 3.16. The van der Waals surface area contributed by atoms with E-state index in [1.807, 2.05) is 7.05 Å². The molecule has 0 aromatic rings. The number of hydrogen-bond acceptors (Lipinski definition) is 1. The molecule has 0 aliphatic carbocycles. The number of rotatable bonds is 3. The highest BCUT2D eigenvalue weighted by atomic mass is 14.9. The van der Waals surface area contributed by atoms with Gasteiger partial charge in [-0.15, -0.1) is 0 Å². The summed E-state index contributed by atoms with van der Waals surface area (Å²) in [5.74, 6) is 0. The van der Waals surface area contributed by atoms with Gasteiger partial charge in [0.05, 0.1) is 0 Å². The fourth-order valence-electron chi connectivity index (χ4n) is 0.461. The van der Waals surface area contributed by atoms with Gasteiger partial charge in [-0.05, 0) is 34.2 Å². The maximum Gasteiger partial charge on any atom is 0.0304 e. The lowest BCUT2D eigenvalue weighted by Gasteiger charge is -2.18. The molecule has 0 aromatic carbocycles. The van der Waals surface area contributed by atoms with Gasteiger partial charge in [0, 0.05) is 5.54 Å². The molecule has 1 radical (unpaired) electrons. The zero-order valence-electron chi connectivity index (χ0n) is 6.57. The first-order chi connectivity index (χ1) is 4.12. The standard InChI is InChI=1S/C8H16N/c1-5-6-7-8(2,3)9-4/h6-7,9H,1,5H2,2-4H3. The van der Waals surface area contributed by atoms with Crippen LogP contribution in [0.5, 0.6) is 0 Å². The SMILES string of the molecule is [CH2]CC=CC(C)(C)NC. The minimum Gasteiger partial charge on any atom is -0.311 e. The molecule has 53 valence electrons. The molecule has 0 aromatic heterocycles. The predicted octanol–water partition coefficient (Wildman–Crippen LogP) is 1.76. The van der Waals surface area contributed by atoms with Crippen molar-refractivity contribution in [3.8, 4) is 0 Å². The molecule has 0 unspecified atom stereocenters. The van der Waals surface area contributed by atoms with Gasteiger partial charge in [0.2, 0.25) is 0 Å². The first-order valence-electron chi connectivity index (χ1n) is 3.28. The van der Waals surface area contributed by atoms with Gasteiger partial charge >= 0.3 is 0 Å². The molecule has 0 atom stereocenters. The maximum absolute atomic E-state index is 3.71. The second-order valence-corrected chi connectivity index (χ2v) is 2.66. The highest BCUT2D eigenvalue weighted by molar-refractivity contribution is 5.00. The summed E-state index contributed by atoms with van der Waals surface area (Å²) in [6, 6.07) is 0. The Bertz CT molecular complexity index is 92.7. The molecule has 0 saturated carbocycles. The highest BCUT2D eigenvalue weighted by Gasteiger charge is 2.07. The Kier molecular flexibility index (Phi) is 3.55. The molecule has 1 nitrogen and oxygen atoms in total. The van der Waals surface area contributed by atoms with Crippen LogP contribution >= 0.6 is 0 Å². The van der Waals surface area contributed by atoms with Crippen LogP contribution in [0.4, 0.5) is 0 Å². The van der Waals surface area contributed by atoms with Crippen LogP contribution in [0.2, 0.25) is 0 Å². The summed E-state index contributed by atoms with van der Waals surface area (Å²) in [4.78, 5) is 0. The number of hydrogen-bond donors (Lipinski definition) is 1. The lowest BCUT2D eigenvalue weighted by molar-refractivity contribution is 0.527. The topological polar surface area (TPSA) is 12.0 Å². The first kappa shape index (κ1) is 8.70. The first-order valence-corrected chi connectivity index (χ1v) is 3.28. The molecule has 0 rings (SSSR count). The minimum atomic E-state index is 0.123. The second-order valence-electron chi connectivity index (χ2n) is 2.66. The Morgan fingerprint density at radius 1 is 1.56 bits per heavy atom. The van der Waals surface area contributed by atoms with Gasteiger partial charge in [-0.1, -0.05) is 12.2 Å². The van der Waals surface area contributed by atoms with Crippen LogP contribution in [-0.4, -0.2) is 12.6 Å². The van der Waals surface area contributed by atoms with E-state index >= 15 is 0 Å². The summed E-state index contributed by atoms with van der Waals surface area (Å²) in [5.41, 5.74) is 0.123. The fraction of sp³-hybridized carbons (Fsp3) is 0.625. The molecule has 0 bridgehead atoms. The smallest absolute Gasteiger partial charge is 0.0304 e. The lowest BCUT2D eigenvalue weighted by atomic mass is 10.1. The predicted molar refractivity (Wildman–Crippen MR) is 42.3 cm³/mol. The average Bonchev–Trinajstić information content (AvgIpc) is 1.84. The van der Waals surface area contributed by atoms with Crippen LogP contribution in [-0.2, 0) is 0 Å². The third-order valence-corrected chi connectivity index (χ3v) is 1.35. The molecular weight excluding hydrogens is 110 g/mol. The van der Waals surface area contributed by atoms with Crippen molar-refractivity contribution in [1.82, 2.24) is 5.32 Å². The summed E-state index contributed by atoms with van der Waals surface area (Å²) in [6.45, 7) is 7.96. The summed E-state index contributed by atoms with van der Waals surface area (Å²) in [7, 11) is 1.95. The van der Waals surface area contributed by atoms with Crippen molar-refractivity contribution in [2.24, 2.45) is 0 Å². The van der Waals surface area contributed by atoms with Crippen LogP contribution in [0.15, 0.2) is 12.2 Å². The Morgan fingerprint density at radius 3 is 2.44 bits per heavy atom. The number of likely N-dealkylation sites (N-methyl/N-ethyl adjacent to an activating group) is 1. The van der Waals surface area contributed by atoms with Crippen LogP contribution < -0.4 is 5.32 Å². The quantitative estimate of drug-likeness (QED) is 0.568. The third-order valence-electron chi connectivity index (χ3n) is 1.35. The fourth-order valence-corrected chi connectivity index (χ4v) is 0.461. The third kappa shape index (κ3) is 4.22. The van der Waals surface area contributed by atoms with Crippen LogP contribution in [0.3, 0.4) is 0 Å². The van der Waals surface area contributed by atoms with Gasteiger partial charge in [0.15, 0.2) is 0 Å². The maximum atomic E-state index is 3.71. The van der Waals surface area contributed by atoms with E-state index in [0.717, 1.165) is 6.42 Å². The van der Waals surface area contributed by atoms with Gasteiger partial charge in [-0.2, -0.15) is 0 Å². The van der Waals surface area contributed by atoms with Gasteiger partial charge in [0.1, 0.15) is 0 Å². The van der Waals surface area contributed by atoms with Crippen molar-refractivity contribution in [1.29, 1.82) is 0 Å². The zero-order valence-corrected chi connectivity index (χ0v) is 6.57. The number of nitrogens with one attached hydrogen (secondary N) is 1. The van der Waals surface area contributed by atoms with E-state index in [-0.39, 0.29) is 5.54 Å². The second kappa shape index (κ2) is 3.67. The van der Waals surface area contributed by atoms with Crippen LogP contribution in [0.1, 0.15) is 20.3 Å². The van der Waals surface area contributed by atoms with Crippen molar-refractivity contribution in [3.63, 3.8) is 0 Å². The molecule has 9 heavy (non-hydrogen) atoms. The monoisotopic (exact) mass is 126 g/mol. The molecule has 0 aliphatic heterocycles. The largest absolute Gasteiger partial charge is 0.311 e. The molecule has 0 heterocycles. The van der Waals surface area contributed by atoms with Gasteiger partial charge in [0.25, 0.3) is 0 Å². The van der Waals surface area contributed by atoms with E-state index in [4.69, 9.17) is 0 Å². The van der Waals surface area contributed by atoms with E-state index in [9.17, 15) is 0 Å².